The molecule has 142 valence electrons. The Labute approximate surface area is 147 Å². The van der Waals surface area contributed by atoms with E-state index in [-0.39, 0.29) is 11.9 Å². The molecule has 26 heavy (non-hydrogen) atoms. The maximum absolute atomic E-state index is 13.5. The van der Waals surface area contributed by atoms with Gasteiger partial charge in [-0.15, -0.1) is 0 Å². The van der Waals surface area contributed by atoms with Crippen molar-refractivity contribution in [3.8, 4) is 0 Å². The first-order valence-corrected chi connectivity index (χ1v) is 7.82. The molecule has 0 bridgehead atoms. The highest BCUT2D eigenvalue weighted by Crippen LogP contribution is 2.32. The largest absolute Gasteiger partial charge is 0.490 e. The molecule has 2 atom stereocenters. The third kappa shape index (κ3) is 4.89. The van der Waals surface area contributed by atoms with Crippen LogP contribution in [-0.4, -0.2) is 48.5 Å². The maximum atomic E-state index is 13.5. The molecule has 1 aromatic heterocycles. The van der Waals surface area contributed by atoms with Crippen LogP contribution in [0.4, 0.5) is 17.6 Å². The Balaban J connectivity index is 0.000000298. The maximum Gasteiger partial charge on any atom is 0.490 e. The summed E-state index contributed by atoms with van der Waals surface area (Å²) in [5.74, 6) is -2.68. The quantitative estimate of drug-likeness (QED) is 0.791. The SMILES string of the molecule is CO[C@@H]1CNCC[C@H]1c1ccnc2ccc(F)cc12.O=C(O)C(F)(F)F. The summed E-state index contributed by atoms with van der Waals surface area (Å²) in [6.45, 7) is 1.80. The molecule has 0 saturated carbocycles. The number of hydrogen-bond donors (Lipinski definition) is 2. The van der Waals surface area contributed by atoms with E-state index in [9.17, 15) is 17.6 Å². The Hall–Kier alpha value is -2.26. The van der Waals surface area contributed by atoms with E-state index in [1.807, 2.05) is 6.07 Å². The lowest BCUT2D eigenvalue weighted by Crippen LogP contribution is -2.40. The third-order valence-electron chi connectivity index (χ3n) is 4.11. The van der Waals surface area contributed by atoms with E-state index in [4.69, 9.17) is 14.6 Å². The molecule has 1 aromatic carbocycles. The van der Waals surface area contributed by atoms with Crippen LogP contribution in [0.5, 0.6) is 0 Å². The summed E-state index contributed by atoms with van der Waals surface area (Å²) in [6, 6.07) is 6.75. The fraction of sp³-hybridized carbons (Fsp3) is 0.412. The zero-order valence-electron chi connectivity index (χ0n) is 13.9. The number of rotatable bonds is 2. The van der Waals surface area contributed by atoms with Crippen molar-refractivity contribution >= 4 is 16.9 Å². The van der Waals surface area contributed by atoms with Crippen LogP contribution in [0.2, 0.25) is 0 Å². The normalized spacial score (nSPS) is 20.3. The monoisotopic (exact) mass is 374 g/mol. The van der Waals surface area contributed by atoms with E-state index < -0.39 is 12.1 Å². The fourth-order valence-corrected chi connectivity index (χ4v) is 2.90. The first kappa shape index (κ1) is 20.1. The van der Waals surface area contributed by atoms with Crippen LogP contribution in [-0.2, 0) is 9.53 Å². The van der Waals surface area contributed by atoms with Crippen LogP contribution in [0.3, 0.4) is 0 Å². The van der Waals surface area contributed by atoms with Gasteiger partial charge in [-0.25, -0.2) is 9.18 Å². The number of pyridine rings is 1. The topological polar surface area (TPSA) is 71.5 Å². The molecule has 0 spiro atoms. The summed E-state index contributed by atoms with van der Waals surface area (Å²) in [5, 5.41) is 11.4. The molecular formula is C17H18F4N2O3. The Bertz CT molecular complexity index is 767. The summed E-state index contributed by atoms with van der Waals surface area (Å²) in [4.78, 5) is 13.2. The number of piperidine rings is 1. The Morgan fingerprint density at radius 1 is 1.35 bits per heavy atom. The number of halogens is 4. The van der Waals surface area contributed by atoms with Gasteiger partial charge in [0.15, 0.2) is 0 Å². The molecule has 0 amide bonds. The van der Waals surface area contributed by atoms with Crippen molar-refractivity contribution in [2.75, 3.05) is 20.2 Å². The molecule has 2 heterocycles. The molecule has 2 N–H and O–H groups in total. The molecule has 0 unspecified atom stereocenters. The molecule has 0 radical (unpaired) electrons. The van der Waals surface area contributed by atoms with Crippen molar-refractivity contribution < 1.29 is 32.2 Å². The Morgan fingerprint density at radius 2 is 2.04 bits per heavy atom. The van der Waals surface area contributed by atoms with Gasteiger partial charge in [-0.1, -0.05) is 0 Å². The molecular weight excluding hydrogens is 356 g/mol. The number of aromatic nitrogens is 1. The Morgan fingerprint density at radius 3 is 2.65 bits per heavy atom. The molecule has 5 nitrogen and oxygen atoms in total. The Kier molecular flexibility index (Phi) is 6.49. The first-order valence-electron chi connectivity index (χ1n) is 7.82. The number of nitrogens with one attached hydrogen (secondary N) is 1. The van der Waals surface area contributed by atoms with E-state index in [1.54, 1.807) is 25.4 Å². The minimum atomic E-state index is -5.08. The molecule has 1 saturated heterocycles. The molecule has 3 rings (SSSR count). The number of hydrogen-bond acceptors (Lipinski definition) is 4. The highest BCUT2D eigenvalue weighted by molar-refractivity contribution is 5.82. The fourth-order valence-electron chi connectivity index (χ4n) is 2.90. The van der Waals surface area contributed by atoms with Crippen molar-refractivity contribution in [3.05, 3.63) is 41.8 Å². The zero-order chi connectivity index (χ0) is 19.3. The average molecular weight is 374 g/mol. The van der Waals surface area contributed by atoms with Gasteiger partial charge in [0, 0.05) is 31.2 Å². The molecule has 1 aliphatic rings. The lowest BCUT2D eigenvalue weighted by Gasteiger charge is -2.32. The second-order valence-electron chi connectivity index (χ2n) is 5.74. The van der Waals surface area contributed by atoms with Gasteiger partial charge in [-0.3, -0.25) is 4.98 Å². The predicted molar refractivity (Wildman–Crippen MR) is 86.4 cm³/mol. The van der Waals surface area contributed by atoms with Crippen LogP contribution >= 0.6 is 0 Å². The highest BCUT2D eigenvalue weighted by Gasteiger charge is 2.38. The van der Waals surface area contributed by atoms with E-state index >= 15 is 0 Å². The number of nitrogens with zero attached hydrogens (tertiary/aromatic N) is 1. The van der Waals surface area contributed by atoms with Gasteiger partial charge in [0.25, 0.3) is 0 Å². The molecule has 0 aliphatic carbocycles. The number of fused-ring (bicyclic) bond motifs is 1. The number of ether oxygens (including phenoxy) is 1. The number of carboxylic acids is 1. The van der Waals surface area contributed by atoms with Crippen molar-refractivity contribution in [2.45, 2.75) is 24.6 Å². The lowest BCUT2D eigenvalue weighted by atomic mass is 9.86. The molecule has 2 aromatic rings. The third-order valence-corrected chi connectivity index (χ3v) is 4.11. The van der Waals surface area contributed by atoms with Crippen LogP contribution in [0.1, 0.15) is 17.9 Å². The van der Waals surface area contributed by atoms with Gasteiger partial charge in [0.05, 0.1) is 11.6 Å². The second kappa shape index (κ2) is 8.41. The van der Waals surface area contributed by atoms with E-state index in [2.05, 4.69) is 10.3 Å². The van der Waals surface area contributed by atoms with Gasteiger partial charge < -0.3 is 15.2 Å². The first-order chi connectivity index (χ1) is 12.2. The number of benzene rings is 1. The van der Waals surface area contributed by atoms with Gasteiger partial charge in [0.1, 0.15) is 5.82 Å². The second-order valence-corrected chi connectivity index (χ2v) is 5.74. The van der Waals surface area contributed by atoms with E-state index in [0.717, 1.165) is 36.0 Å². The van der Waals surface area contributed by atoms with Crippen LogP contribution in [0, 0.1) is 5.82 Å². The van der Waals surface area contributed by atoms with Crippen LogP contribution in [0.15, 0.2) is 30.5 Å². The number of aliphatic carboxylic acids is 1. The van der Waals surface area contributed by atoms with Gasteiger partial charge in [0.2, 0.25) is 0 Å². The number of carboxylic acid groups (broad SMARTS) is 1. The zero-order valence-corrected chi connectivity index (χ0v) is 13.9. The summed E-state index contributed by atoms with van der Waals surface area (Å²) in [7, 11) is 1.73. The van der Waals surface area contributed by atoms with Gasteiger partial charge >= 0.3 is 12.1 Å². The van der Waals surface area contributed by atoms with Crippen molar-refractivity contribution in [2.24, 2.45) is 0 Å². The molecule has 1 fully saturated rings. The molecule has 1 aliphatic heterocycles. The minimum absolute atomic E-state index is 0.127. The predicted octanol–water partition coefficient (Wildman–Crippen LogP) is 3.10. The minimum Gasteiger partial charge on any atom is -0.475 e. The van der Waals surface area contributed by atoms with Crippen molar-refractivity contribution in [3.63, 3.8) is 0 Å². The number of carbonyl (C=O) groups is 1. The van der Waals surface area contributed by atoms with Crippen molar-refractivity contribution in [1.29, 1.82) is 0 Å². The van der Waals surface area contributed by atoms with Crippen LogP contribution in [0.25, 0.3) is 10.9 Å². The smallest absolute Gasteiger partial charge is 0.475 e. The summed E-state index contributed by atoms with van der Waals surface area (Å²) < 4.78 is 50.8. The molecule has 9 heteroatoms. The average Bonchev–Trinajstić information content (AvgIpc) is 2.61. The highest BCUT2D eigenvalue weighted by atomic mass is 19.4. The number of methoxy groups -OCH3 is 1. The number of alkyl halides is 3. The van der Waals surface area contributed by atoms with E-state index in [0.29, 0.717) is 5.92 Å². The van der Waals surface area contributed by atoms with E-state index in [1.165, 1.54) is 6.07 Å². The van der Waals surface area contributed by atoms with Crippen molar-refractivity contribution in [1.82, 2.24) is 10.3 Å². The van der Waals surface area contributed by atoms with Gasteiger partial charge in [-0.2, -0.15) is 13.2 Å². The lowest BCUT2D eigenvalue weighted by molar-refractivity contribution is -0.192. The van der Waals surface area contributed by atoms with Gasteiger partial charge in [-0.05, 0) is 42.8 Å². The van der Waals surface area contributed by atoms with Crippen LogP contribution < -0.4 is 5.32 Å². The summed E-state index contributed by atoms with van der Waals surface area (Å²) in [6.07, 6.45) is -2.17. The summed E-state index contributed by atoms with van der Waals surface area (Å²) in [5.41, 5.74) is 1.98. The standard InChI is InChI=1S/C15H17FN2O.C2HF3O2/c1-19-15-9-17-6-4-12(15)11-5-7-18-14-3-2-10(16)8-13(11)14;3-2(4,5)1(6)7/h2-3,5,7-8,12,15,17H,4,6,9H2,1H3;(H,6,7)/t12-,15+;/m0./s1. The summed E-state index contributed by atoms with van der Waals surface area (Å²) >= 11 is 0.